The van der Waals surface area contributed by atoms with E-state index in [1.54, 1.807) is 23.9 Å². The normalized spacial score (nSPS) is 40.0. The number of hydrogen-bond acceptors (Lipinski definition) is 4. The number of fused-ring (bicyclic) bond motifs is 5. The fourth-order valence-electron chi connectivity index (χ4n) is 6.81. The molecule has 5 rings (SSSR count). The van der Waals surface area contributed by atoms with Crippen molar-refractivity contribution in [1.82, 2.24) is 0 Å². The van der Waals surface area contributed by atoms with Gasteiger partial charge in [-0.3, -0.25) is 9.59 Å². The minimum atomic E-state index is -1.75. The predicted octanol–water partition coefficient (Wildman–Crippen LogP) is 6.21. The number of thioether (sulfide) groups is 1. The first-order valence-corrected chi connectivity index (χ1v) is 12.2. The Morgan fingerprint density at radius 1 is 1.19 bits per heavy atom. The van der Waals surface area contributed by atoms with Crippen LogP contribution in [0.5, 0.6) is 0 Å². The number of rotatable bonds is 3. The van der Waals surface area contributed by atoms with E-state index in [1.165, 1.54) is 17.9 Å². The second kappa shape index (κ2) is 7.44. The van der Waals surface area contributed by atoms with Gasteiger partial charge in [-0.25, -0.2) is 4.39 Å². The van der Waals surface area contributed by atoms with Crippen molar-refractivity contribution in [3.8, 4) is 0 Å². The van der Waals surface area contributed by atoms with Crippen molar-refractivity contribution in [2.24, 2.45) is 22.7 Å². The third-order valence-electron chi connectivity index (χ3n) is 8.41. The topological polar surface area (TPSA) is 43.4 Å². The van der Waals surface area contributed by atoms with Crippen molar-refractivity contribution in [1.29, 1.82) is 0 Å². The Morgan fingerprint density at radius 2 is 1.94 bits per heavy atom. The summed E-state index contributed by atoms with van der Waals surface area (Å²) in [5, 5.41) is 0. The van der Waals surface area contributed by atoms with Gasteiger partial charge in [0.1, 0.15) is 6.10 Å². The van der Waals surface area contributed by atoms with Crippen molar-refractivity contribution >= 4 is 23.5 Å². The summed E-state index contributed by atoms with van der Waals surface area (Å²) in [5.74, 6) is -0.665. The summed E-state index contributed by atoms with van der Waals surface area (Å²) in [6, 6.07) is 10.2. The Kier molecular flexibility index (Phi) is 5.05. The third-order valence-corrected chi connectivity index (χ3v) is 9.77. The molecule has 0 N–H and O–H groups in total. The molecule has 4 aliphatic carbocycles. The van der Waals surface area contributed by atoms with Crippen molar-refractivity contribution in [3.63, 3.8) is 0 Å². The summed E-state index contributed by atoms with van der Waals surface area (Å²) in [5.41, 5.74) is -2.12. The van der Waals surface area contributed by atoms with E-state index in [0.717, 1.165) is 16.9 Å². The molecule has 1 aromatic rings. The van der Waals surface area contributed by atoms with Gasteiger partial charge in [0.05, 0.1) is 0 Å². The first kappa shape index (κ1) is 21.7. The molecular weight excluding hydrogens is 423 g/mol. The van der Waals surface area contributed by atoms with Gasteiger partial charge in [0.2, 0.25) is 0 Å². The number of alkyl halides is 1. The number of ketones is 1. The van der Waals surface area contributed by atoms with E-state index in [0.29, 0.717) is 19.3 Å². The smallest absolute Gasteiger partial charge is 0.303 e. The first-order valence-electron chi connectivity index (χ1n) is 11.4. The highest BCUT2D eigenvalue weighted by Crippen LogP contribution is 2.69. The Morgan fingerprint density at radius 3 is 2.66 bits per heavy atom. The van der Waals surface area contributed by atoms with Gasteiger partial charge in [-0.1, -0.05) is 54.6 Å². The van der Waals surface area contributed by atoms with Gasteiger partial charge in [-0.15, -0.1) is 0 Å². The molecule has 3 nitrogen and oxygen atoms in total. The van der Waals surface area contributed by atoms with Gasteiger partial charge in [0, 0.05) is 28.6 Å². The quantitative estimate of drug-likeness (QED) is 0.511. The number of ether oxygens (including phenoxy) is 1. The number of hydrogen-bond donors (Lipinski definition) is 0. The predicted molar refractivity (Wildman–Crippen MR) is 124 cm³/mol. The van der Waals surface area contributed by atoms with E-state index >= 15 is 4.39 Å². The van der Waals surface area contributed by atoms with Crippen LogP contribution in [0.1, 0.15) is 46.5 Å². The van der Waals surface area contributed by atoms with Crippen LogP contribution in [0.2, 0.25) is 0 Å². The maximum atomic E-state index is 17.5. The molecule has 1 aromatic carbocycles. The summed E-state index contributed by atoms with van der Waals surface area (Å²) >= 11 is 1.75. The summed E-state index contributed by atoms with van der Waals surface area (Å²) in [6.07, 6.45) is 8.85. The Balaban J connectivity index is 1.56. The highest BCUT2D eigenvalue weighted by atomic mass is 32.2. The van der Waals surface area contributed by atoms with E-state index in [2.05, 4.69) is 25.1 Å². The Bertz CT molecular complexity index is 1060. The average Bonchev–Trinajstić information content (AvgIpc) is 3.06. The molecule has 1 unspecified atom stereocenters. The molecule has 168 valence electrons. The zero-order chi connectivity index (χ0) is 22.7. The third kappa shape index (κ3) is 3.00. The van der Waals surface area contributed by atoms with Gasteiger partial charge < -0.3 is 4.74 Å². The van der Waals surface area contributed by atoms with Crippen LogP contribution in [0.25, 0.3) is 0 Å². The lowest BCUT2D eigenvalue weighted by atomic mass is 9.46. The van der Waals surface area contributed by atoms with Crippen molar-refractivity contribution in [2.45, 2.75) is 63.1 Å². The van der Waals surface area contributed by atoms with Crippen LogP contribution in [0, 0.1) is 22.7 Å². The molecule has 32 heavy (non-hydrogen) atoms. The number of halogens is 1. The van der Waals surface area contributed by atoms with E-state index in [1.807, 2.05) is 25.1 Å². The van der Waals surface area contributed by atoms with Crippen LogP contribution >= 0.6 is 11.8 Å². The lowest BCUT2D eigenvalue weighted by molar-refractivity contribution is -0.205. The van der Waals surface area contributed by atoms with E-state index in [9.17, 15) is 9.59 Å². The average molecular weight is 453 g/mol. The van der Waals surface area contributed by atoms with Crippen molar-refractivity contribution in [2.75, 3.05) is 0 Å². The number of carbonyl (C=O) groups excluding carboxylic acids is 2. The van der Waals surface area contributed by atoms with Crippen molar-refractivity contribution in [3.05, 3.63) is 65.1 Å². The monoisotopic (exact) mass is 452 g/mol. The van der Waals surface area contributed by atoms with Gasteiger partial charge in [0.15, 0.2) is 11.5 Å². The second-order valence-corrected chi connectivity index (χ2v) is 11.2. The molecule has 0 spiro atoms. The molecule has 6 atom stereocenters. The molecule has 0 aromatic heterocycles. The van der Waals surface area contributed by atoms with Crippen molar-refractivity contribution < 1.29 is 18.7 Å². The Labute approximate surface area is 193 Å². The fraction of sp³-hybridized carbons (Fsp3) is 0.481. The van der Waals surface area contributed by atoms with Crippen LogP contribution in [-0.2, 0) is 14.3 Å². The summed E-state index contributed by atoms with van der Waals surface area (Å²) in [7, 11) is 0. The zero-order valence-corrected chi connectivity index (χ0v) is 19.6. The summed E-state index contributed by atoms with van der Waals surface area (Å²) < 4.78 is 23.3. The highest BCUT2D eigenvalue weighted by Gasteiger charge is 2.70. The van der Waals surface area contributed by atoms with Crippen LogP contribution in [0.15, 0.2) is 70.0 Å². The first-order chi connectivity index (χ1) is 15.2. The lowest BCUT2D eigenvalue weighted by Gasteiger charge is -2.62. The van der Waals surface area contributed by atoms with Gasteiger partial charge >= 0.3 is 5.97 Å². The number of benzene rings is 1. The zero-order valence-electron chi connectivity index (χ0n) is 18.8. The lowest BCUT2D eigenvalue weighted by Crippen LogP contribution is -2.67. The molecule has 0 heterocycles. The van der Waals surface area contributed by atoms with E-state index in [-0.39, 0.29) is 23.0 Å². The molecule has 0 amide bonds. The van der Waals surface area contributed by atoms with Crippen LogP contribution < -0.4 is 0 Å². The number of esters is 1. The molecule has 0 aliphatic heterocycles. The van der Waals surface area contributed by atoms with E-state index in [4.69, 9.17) is 4.74 Å². The molecule has 0 radical (unpaired) electrons. The van der Waals surface area contributed by atoms with Crippen LogP contribution in [-0.4, -0.2) is 23.5 Å². The SMILES string of the molecule is CC(=O)O[C@H]1C[C@]2(C)C(Sc3ccccc3)=CC[C@H]2[C@@H]2CCC3=CC(=O)C=C[C@]3(C)C12F. The molecule has 0 bridgehead atoms. The van der Waals surface area contributed by atoms with E-state index < -0.39 is 23.2 Å². The largest absolute Gasteiger partial charge is 0.459 e. The minimum Gasteiger partial charge on any atom is -0.459 e. The molecule has 2 saturated carbocycles. The fourth-order valence-corrected chi connectivity index (χ4v) is 8.00. The maximum absolute atomic E-state index is 17.5. The van der Waals surface area contributed by atoms with Crippen LogP contribution in [0.4, 0.5) is 4.39 Å². The summed E-state index contributed by atoms with van der Waals surface area (Å²) in [6.45, 7) is 5.46. The van der Waals surface area contributed by atoms with Crippen LogP contribution in [0.3, 0.4) is 0 Å². The van der Waals surface area contributed by atoms with Gasteiger partial charge in [-0.05, 0) is 67.7 Å². The standard InChI is InChI=1S/C27H29FO3S/c1-17(29)31-23-16-25(2)21(11-12-24(25)32-20-7-5-4-6-8-20)22-10-9-18-15-19(30)13-14-26(18,3)27(22,23)28/h4-8,12-15,21-23H,9-11,16H2,1-3H3/t21-,22-,23-,25-,26-,27?/m0/s1. The summed E-state index contributed by atoms with van der Waals surface area (Å²) in [4.78, 5) is 26.6. The number of allylic oxidation sites excluding steroid dienone is 6. The molecule has 4 aliphatic rings. The van der Waals surface area contributed by atoms with Gasteiger partial charge in [0.25, 0.3) is 0 Å². The Hall–Kier alpha value is -2.14. The maximum Gasteiger partial charge on any atom is 0.303 e. The molecular formula is C27H29FO3S. The number of carbonyl (C=O) groups is 2. The molecule has 0 saturated heterocycles. The molecule has 2 fully saturated rings. The van der Waals surface area contributed by atoms with Gasteiger partial charge in [-0.2, -0.15) is 0 Å². The minimum absolute atomic E-state index is 0.0895. The second-order valence-electron chi connectivity index (χ2n) is 10.1. The highest BCUT2D eigenvalue weighted by molar-refractivity contribution is 8.03. The molecule has 5 heteroatoms.